The molecule has 0 unspecified atom stereocenters. The molecule has 0 bridgehead atoms. The van der Waals surface area contributed by atoms with Gasteiger partial charge in [-0.2, -0.15) is 4.31 Å². The van der Waals surface area contributed by atoms with Gasteiger partial charge in [-0.1, -0.05) is 33.3 Å². The van der Waals surface area contributed by atoms with Crippen LogP contribution in [0.25, 0.3) is 0 Å². The van der Waals surface area contributed by atoms with Crippen molar-refractivity contribution in [2.24, 2.45) is 0 Å². The van der Waals surface area contributed by atoms with Crippen molar-refractivity contribution in [2.75, 3.05) is 18.4 Å². The highest BCUT2D eigenvalue weighted by Crippen LogP contribution is 2.19. The van der Waals surface area contributed by atoms with Crippen LogP contribution in [-0.4, -0.2) is 31.7 Å². The molecule has 1 aromatic rings. The number of anilines is 1. The average molecular weight is 312 g/mol. The highest BCUT2D eigenvalue weighted by atomic mass is 32.2. The third-order valence-electron chi connectivity index (χ3n) is 3.22. The van der Waals surface area contributed by atoms with Gasteiger partial charge in [0.2, 0.25) is 15.9 Å². The lowest BCUT2D eigenvalue weighted by molar-refractivity contribution is -0.116. The van der Waals surface area contributed by atoms with Gasteiger partial charge in [-0.05, 0) is 24.6 Å². The van der Waals surface area contributed by atoms with Crippen LogP contribution in [0, 0.1) is 0 Å². The van der Waals surface area contributed by atoms with Crippen LogP contribution in [0.15, 0.2) is 29.2 Å². The Labute approximate surface area is 127 Å². The molecule has 1 aromatic carbocycles. The predicted molar refractivity (Wildman–Crippen MR) is 84.7 cm³/mol. The molecule has 6 heteroatoms. The maximum absolute atomic E-state index is 12.4. The number of benzene rings is 1. The molecule has 0 radical (unpaired) electrons. The van der Waals surface area contributed by atoms with Gasteiger partial charge in [0.05, 0.1) is 4.90 Å². The first-order valence-corrected chi connectivity index (χ1v) is 8.79. The molecule has 1 N–H and O–H groups in total. The third-order valence-corrected chi connectivity index (χ3v) is 5.26. The van der Waals surface area contributed by atoms with Gasteiger partial charge in [-0.3, -0.25) is 4.79 Å². The fourth-order valence-corrected chi connectivity index (χ4v) is 3.51. The number of nitrogens with one attached hydrogen (secondary N) is 1. The van der Waals surface area contributed by atoms with E-state index in [0.29, 0.717) is 25.2 Å². The van der Waals surface area contributed by atoms with Gasteiger partial charge in [0.15, 0.2) is 0 Å². The minimum atomic E-state index is -3.49. The molecule has 0 aliphatic heterocycles. The second-order valence-corrected chi connectivity index (χ2v) is 6.71. The number of unbranched alkanes of at least 4 members (excludes halogenated alkanes) is 1. The zero-order valence-electron chi connectivity index (χ0n) is 12.9. The number of hydrogen-bond donors (Lipinski definition) is 1. The van der Waals surface area contributed by atoms with E-state index in [2.05, 4.69) is 5.32 Å². The Hall–Kier alpha value is -1.40. The number of carbonyl (C=O) groups is 1. The van der Waals surface area contributed by atoms with Crippen LogP contribution in [0.2, 0.25) is 0 Å². The van der Waals surface area contributed by atoms with Crippen LogP contribution in [0.4, 0.5) is 5.69 Å². The Kier molecular flexibility index (Phi) is 6.84. The monoisotopic (exact) mass is 312 g/mol. The third kappa shape index (κ3) is 4.82. The molecule has 118 valence electrons. The number of nitrogens with zero attached hydrogens (tertiary/aromatic N) is 1. The van der Waals surface area contributed by atoms with Crippen molar-refractivity contribution in [3.05, 3.63) is 24.3 Å². The molecule has 1 rings (SSSR count). The first-order valence-electron chi connectivity index (χ1n) is 7.35. The van der Waals surface area contributed by atoms with Crippen LogP contribution in [0.5, 0.6) is 0 Å². The fraction of sp³-hybridized carbons (Fsp3) is 0.533. The van der Waals surface area contributed by atoms with Crippen LogP contribution in [0.1, 0.15) is 40.0 Å². The van der Waals surface area contributed by atoms with Gasteiger partial charge in [-0.25, -0.2) is 8.42 Å². The second-order valence-electron chi connectivity index (χ2n) is 4.77. The van der Waals surface area contributed by atoms with Crippen LogP contribution in [-0.2, 0) is 14.8 Å². The molecule has 5 nitrogen and oxygen atoms in total. The molecule has 0 aromatic heterocycles. The summed E-state index contributed by atoms with van der Waals surface area (Å²) in [5, 5.41) is 2.74. The van der Waals surface area contributed by atoms with E-state index in [4.69, 9.17) is 0 Å². The number of hydrogen-bond acceptors (Lipinski definition) is 3. The van der Waals surface area contributed by atoms with Crippen LogP contribution < -0.4 is 5.32 Å². The Balaban J connectivity index is 2.93. The molecule has 0 aliphatic carbocycles. The lowest BCUT2D eigenvalue weighted by atomic mass is 10.2. The number of sulfonamides is 1. The SMILES string of the molecule is CCCCC(=O)Nc1cccc(S(=O)(=O)N(CC)CC)c1. The first kappa shape index (κ1) is 17.7. The minimum absolute atomic E-state index is 0.0887. The molecule has 1 amide bonds. The maximum atomic E-state index is 12.4. The Morgan fingerprint density at radius 1 is 1.19 bits per heavy atom. The summed E-state index contributed by atoms with van der Waals surface area (Å²) in [6.07, 6.45) is 2.22. The largest absolute Gasteiger partial charge is 0.326 e. The van der Waals surface area contributed by atoms with E-state index in [-0.39, 0.29) is 10.8 Å². The van der Waals surface area contributed by atoms with Gasteiger partial charge >= 0.3 is 0 Å². The lowest BCUT2D eigenvalue weighted by Gasteiger charge is -2.18. The van der Waals surface area contributed by atoms with Crippen molar-refractivity contribution in [3.8, 4) is 0 Å². The summed E-state index contributed by atoms with van der Waals surface area (Å²) >= 11 is 0. The summed E-state index contributed by atoms with van der Waals surface area (Å²) in [6, 6.07) is 6.41. The standard InChI is InChI=1S/C15H24N2O3S/c1-4-7-11-15(18)16-13-9-8-10-14(12-13)21(19,20)17(5-2)6-3/h8-10,12H,4-7,11H2,1-3H3,(H,16,18). The van der Waals surface area contributed by atoms with E-state index in [1.54, 1.807) is 32.0 Å². The van der Waals surface area contributed by atoms with Gasteiger partial charge in [0.25, 0.3) is 0 Å². The van der Waals surface area contributed by atoms with E-state index in [9.17, 15) is 13.2 Å². The quantitative estimate of drug-likeness (QED) is 0.802. The highest BCUT2D eigenvalue weighted by Gasteiger charge is 2.21. The molecule has 0 spiro atoms. The summed E-state index contributed by atoms with van der Waals surface area (Å²) in [5.41, 5.74) is 0.518. The smallest absolute Gasteiger partial charge is 0.243 e. The first-order chi connectivity index (χ1) is 9.95. The average Bonchev–Trinajstić information content (AvgIpc) is 2.46. The number of amides is 1. The predicted octanol–water partition coefficient (Wildman–Crippen LogP) is 2.85. The second kappa shape index (κ2) is 8.14. The van der Waals surface area contributed by atoms with Gasteiger partial charge in [0, 0.05) is 25.2 Å². The van der Waals surface area contributed by atoms with Crippen molar-refractivity contribution < 1.29 is 13.2 Å². The molecule has 0 saturated carbocycles. The van der Waals surface area contributed by atoms with E-state index in [1.165, 1.54) is 10.4 Å². The summed E-state index contributed by atoms with van der Waals surface area (Å²) in [7, 11) is -3.49. The molecular formula is C15H24N2O3S. The zero-order chi connectivity index (χ0) is 15.9. The maximum Gasteiger partial charge on any atom is 0.243 e. The van der Waals surface area contributed by atoms with E-state index in [1.807, 2.05) is 6.92 Å². The molecule has 21 heavy (non-hydrogen) atoms. The van der Waals surface area contributed by atoms with Crippen molar-refractivity contribution in [2.45, 2.75) is 44.9 Å². The van der Waals surface area contributed by atoms with Gasteiger partial charge in [-0.15, -0.1) is 0 Å². The topological polar surface area (TPSA) is 66.5 Å². The van der Waals surface area contributed by atoms with Crippen molar-refractivity contribution in [3.63, 3.8) is 0 Å². The molecule has 0 fully saturated rings. The summed E-state index contributed by atoms with van der Waals surface area (Å²) in [6.45, 7) is 6.47. The summed E-state index contributed by atoms with van der Waals surface area (Å²) in [5.74, 6) is -0.0887. The normalized spacial score (nSPS) is 11.6. The summed E-state index contributed by atoms with van der Waals surface area (Å²) in [4.78, 5) is 11.9. The number of carbonyl (C=O) groups excluding carboxylic acids is 1. The van der Waals surface area contributed by atoms with Crippen LogP contribution in [0.3, 0.4) is 0 Å². The summed E-state index contributed by atoms with van der Waals surface area (Å²) < 4.78 is 26.2. The van der Waals surface area contributed by atoms with Gasteiger partial charge < -0.3 is 5.32 Å². The number of rotatable bonds is 8. The van der Waals surface area contributed by atoms with Crippen molar-refractivity contribution in [1.82, 2.24) is 4.31 Å². The molecule has 0 aliphatic rings. The molecule has 0 saturated heterocycles. The Bertz CT molecular complexity index is 566. The van der Waals surface area contributed by atoms with Crippen molar-refractivity contribution in [1.29, 1.82) is 0 Å². The zero-order valence-corrected chi connectivity index (χ0v) is 13.7. The van der Waals surface area contributed by atoms with E-state index in [0.717, 1.165) is 12.8 Å². The van der Waals surface area contributed by atoms with Gasteiger partial charge in [0.1, 0.15) is 0 Å². The van der Waals surface area contributed by atoms with Crippen molar-refractivity contribution >= 4 is 21.6 Å². The lowest BCUT2D eigenvalue weighted by Crippen LogP contribution is -2.30. The fourth-order valence-electron chi connectivity index (χ4n) is 2.01. The minimum Gasteiger partial charge on any atom is -0.326 e. The Morgan fingerprint density at radius 3 is 2.43 bits per heavy atom. The van der Waals surface area contributed by atoms with Crippen LogP contribution >= 0.6 is 0 Å². The van der Waals surface area contributed by atoms with E-state index >= 15 is 0 Å². The molecule has 0 atom stereocenters. The molecule has 0 heterocycles. The molecular weight excluding hydrogens is 288 g/mol. The highest BCUT2D eigenvalue weighted by molar-refractivity contribution is 7.89. The van der Waals surface area contributed by atoms with E-state index < -0.39 is 10.0 Å². The Morgan fingerprint density at radius 2 is 1.86 bits per heavy atom.